The predicted octanol–water partition coefficient (Wildman–Crippen LogP) is 2.53. The molecule has 0 fully saturated rings. The van der Waals surface area contributed by atoms with Crippen LogP contribution in [-0.2, 0) is 10.1 Å². The summed E-state index contributed by atoms with van der Waals surface area (Å²) in [6, 6.07) is 9.28. The Morgan fingerprint density at radius 2 is 1.87 bits per heavy atom. The molecule has 0 unspecified atom stereocenters. The standard InChI is InChI=1S/C13H7NO7S2/c15-13-20-11-6-9(14(16)17)10(7-12(11)22-13)21-23(18,19)8-4-2-1-3-5-8/h1-7H. The van der Waals surface area contributed by atoms with Gasteiger partial charge in [0.1, 0.15) is 4.90 Å². The van der Waals surface area contributed by atoms with Crippen molar-refractivity contribution < 1.29 is 21.9 Å². The molecule has 2 aromatic carbocycles. The summed E-state index contributed by atoms with van der Waals surface area (Å²) in [6.07, 6.45) is 0. The zero-order chi connectivity index (χ0) is 16.6. The Bertz CT molecular complexity index is 1050. The molecule has 1 aromatic heterocycles. The Kier molecular flexibility index (Phi) is 3.62. The summed E-state index contributed by atoms with van der Waals surface area (Å²) in [5, 5.41) is 11.1. The smallest absolute Gasteiger partial charge is 0.396 e. The molecule has 0 N–H and O–H groups in total. The fourth-order valence-electron chi connectivity index (χ4n) is 1.85. The van der Waals surface area contributed by atoms with Crippen LogP contribution in [0.5, 0.6) is 5.75 Å². The summed E-state index contributed by atoms with van der Waals surface area (Å²) < 4.78 is 34.3. The van der Waals surface area contributed by atoms with Crippen molar-refractivity contribution >= 4 is 37.4 Å². The maximum Gasteiger partial charge on any atom is 0.396 e. The molecule has 0 aliphatic rings. The van der Waals surface area contributed by atoms with Crippen LogP contribution in [0.2, 0.25) is 0 Å². The van der Waals surface area contributed by atoms with Gasteiger partial charge in [-0.1, -0.05) is 29.5 Å². The van der Waals surface area contributed by atoms with Crippen molar-refractivity contribution in [2.45, 2.75) is 4.90 Å². The van der Waals surface area contributed by atoms with Gasteiger partial charge in [0.15, 0.2) is 5.58 Å². The van der Waals surface area contributed by atoms with E-state index in [0.29, 0.717) is 11.3 Å². The summed E-state index contributed by atoms with van der Waals surface area (Å²) in [5.41, 5.74) is -0.616. The van der Waals surface area contributed by atoms with Gasteiger partial charge in [0.2, 0.25) is 5.75 Å². The number of hydrogen-bond acceptors (Lipinski definition) is 8. The molecule has 0 radical (unpaired) electrons. The molecule has 0 saturated heterocycles. The largest absolute Gasteiger partial charge is 0.414 e. The van der Waals surface area contributed by atoms with Crippen LogP contribution in [0.25, 0.3) is 10.3 Å². The lowest BCUT2D eigenvalue weighted by atomic mass is 10.3. The third-order valence-electron chi connectivity index (χ3n) is 2.84. The van der Waals surface area contributed by atoms with Crippen molar-refractivity contribution in [1.82, 2.24) is 0 Å². The van der Waals surface area contributed by atoms with Gasteiger partial charge in [-0.3, -0.25) is 10.1 Å². The first-order valence-electron chi connectivity index (χ1n) is 6.08. The van der Waals surface area contributed by atoms with Crippen LogP contribution in [0.1, 0.15) is 0 Å². The van der Waals surface area contributed by atoms with Crippen LogP contribution in [0, 0.1) is 10.1 Å². The summed E-state index contributed by atoms with van der Waals surface area (Å²) >= 11 is 0.689. The van der Waals surface area contributed by atoms with E-state index in [-0.39, 0.29) is 15.2 Å². The Morgan fingerprint density at radius 1 is 1.17 bits per heavy atom. The van der Waals surface area contributed by atoms with Gasteiger partial charge in [-0.05, 0) is 12.1 Å². The second-order valence-corrected chi connectivity index (χ2v) is 6.85. The highest BCUT2D eigenvalue weighted by molar-refractivity contribution is 7.87. The molecule has 3 rings (SSSR count). The summed E-state index contributed by atoms with van der Waals surface area (Å²) in [5.74, 6) is -0.483. The molecule has 0 amide bonds. The average Bonchev–Trinajstić information content (AvgIpc) is 2.86. The molecule has 0 spiro atoms. The van der Waals surface area contributed by atoms with Crippen LogP contribution in [0.4, 0.5) is 5.69 Å². The van der Waals surface area contributed by atoms with Crippen molar-refractivity contribution in [2.75, 3.05) is 0 Å². The lowest BCUT2D eigenvalue weighted by molar-refractivity contribution is -0.385. The average molecular weight is 353 g/mol. The van der Waals surface area contributed by atoms with Crippen molar-refractivity contribution in [2.24, 2.45) is 0 Å². The number of nitro groups is 1. The van der Waals surface area contributed by atoms with E-state index < -0.39 is 31.4 Å². The van der Waals surface area contributed by atoms with E-state index in [4.69, 9.17) is 8.60 Å². The zero-order valence-electron chi connectivity index (χ0n) is 11.2. The van der Waals surface area contributed by atoms with E-state index in [0.717, 1.165) is 12.1 Å². The first-order valence-corrected chi connectivity index (χ1v) is 8.31. The first-order chi connectivity index (χ1) is 10.9. The van der Waals surface area contributed by atoms with Gasteiger partial charge in [-0.25, -0.2) is 4.79 Å². The fourth-order valence-corrected chi connectivity index (χ4v) is 3.49. The molecule has 8 nitrogen and oxygen atoms in total. The zero-order valence-corrected chi connectivity index (χ0v) is 12.8. The minimum atomic E-state index is -4.24. The molecule has 23 heavy (non-hydrogen) atoms. The second kappa shape index (κ2) is 5.48. The monoisotopic (exact) mass is 353 g/mol. The van der Waals surface area contributed by atoms with Crippen molar-refractivity contribution in [3.05, 3.63) is 62.3 Å². The number of rotatable bonds is 4. The molecule has 3 aromatic rings. The Hall–Kier alpha value is -2.72. The molecule has 1 heterocycles. The molecule has 118 valence electrons. The van der Waals surface area contributed by atoms with Gasteiger partial charge in [-0.2, -0.15) is 8.42 Å². The maximum atomic E-state index is 12.2. The van der Waals surface area contributed by atoms with Gasteiger partial charge >= 0.3 is 20.7 Å². The minimum absolute atomic E-state index is 0.00356. The Labute approximate surface area is 132 Å². The quantitative estimate of drug-likeness (QED) is 0.402. The van der Waals surface area contributed by atoms with E-state index in [2.05, 4.69) is 0 Å². The maximum absolute atomic E-state index is 12.2. The fraction of sp³-hybridized carbons (Fsp3) is 0. The molecule has 0 aliphatic heterocycles. The Morgan fingerprint density at radius 3 is 2.52 bits per heavy atom. The molecule has 10 heteroatoms. The van der Waals surface area contributed by atoms with Crippen molar-refractivity contribution in [1.29, 1.82) is 0 Å². The lowest BCUT2D eigenvalue weighted by Crippen LogP contribution is -2.10. The van der Waals surface area contributed by atoms with E-state index in [1.54, 1.807) is 6.07 Å². The van der Waals surface area contributed by atoms with Crippen LogP contribution >= 0.6 is 11.3 Å². The van der Waals surface area contributed by atoms with E-state index in [1.165, 1.54) is 24.3 Å². The van der Waals surface area contributed by atoms with Crippen LogP contribution in [0.3, 0.4) is 0 Å². The van der Waals surface area contributed by atoms with Gasteiger partial charge < -0.3 is 8.60 Å². The summed E-state index contributed by atoms with van der Waals surface area (Å²) in [6.45, 7) is 0. The third-order valence-corrected chi connectivity index (χ3v) is 4.88. The van der Waals surface area contributed by atoms with Crippen molar-refractivity contribution in [3.63, 3.8) is 0 Å². The van der Waals surface area contributed by atoms with Crippen molar-refractivity contribution in [3.8, 4) is 5.75 Å². The number of nitrogens with zero attached hydrogens (tertiary/aromatic N) is 1. The van der Waals surface area contributed by atoms with Crippen LogP contribution < -0.4 is 9.12 Å². The van der Waals surface area contributed by atoms with Gasteiger partial charge in [0, 0.05) is 6.07 Å². The molecule has 0 saturated carbocycles. The summed E-state index contributed by atoms with van der Waals surface area (Å²) in [7, 11) is -4.24. The number of hydrogen-bond donors (Lipinski definition) is 0. The molecular formula is C13H7NO7S2. The van der Waals surface area contributed by atoms with Crippen LogP contribution in [-0.4, -0.2) is 13.3 Å². The highest BCUT2D eigenvalue weighted by atomic mass is 32.2. The second-order valence-electron chi connectivity index (χ2n) is 4.33. The normalized spacial score (nSPS) is 11.5. The van der Waals surface area contributed by atoms with Gasteiger partial charge in [-0.15, -0.1) is 0 Å². The van der Waals surface area contributed by atoms with E-state index >= 15 is 0 Å². The number of nitro benzene ring substituents is 1. The van der Waals surface area contributed by atoms with E-state index in [1.807, 2.05) is 0 Å². The number of benzene rings is 2. The van der Waals surface area contributed by atoms with Crippen LogP contribution in [0.15, 0.2) is 56.6 Å². The third kappa shape index (κ3) is 2.94. The molecule has 0 aliphatic carbocycles. The molecule has 0 bridgehead atoms. The predicted molar refractivity (Wildman–Crippen MR) is 81.3 cm³/mol. The topological polar surface area (TPSA) is 117 Å². The highest BCUT2D eigenvalue weighted by Crippen LogP contribution is 2.35. The minimum Gasteiger partial charge on any atom is -0.414 e. The highest BCUT2D eigenvalue weighted by Gasteiger charge is 2.25. The number of fused-ring (bicyclic) bond motifs is 1. The summed E-state index contributed by atoms with van der Waals surface area (Å²) in [4.78, 5) is 20.7. The Balaban J connectivity index is 2.13. The lowest BCUT2D eigenvalue weighted by Gasteiger charge is -2.07. The first kappa shape index (κ1) is 15.2. The molecule has 0 atom stereocenters. The molecular weight excluding hydrogens is 346 g/mol. The van der Waals surface area contributed by atoms with E-state index in [9.17, 15) is 23.3 Å². The van der Waals surface area contributed by atoms with Gasteiger partial charge in [0.25, 0.3) is 0 Å². The SMILES string of the molecule is O=c1oc2cc([N+](=O)[O-])c(OS(=O)(=O)c3ccccc3)cc2s1. The van der Waals surface area contributed by atoms with Gasteiger partial charge in [0.05, 0.1) is 15.7 Å².